The number of ether oxygens (including phenoxy) is 6. The molecule has 1 atom stereocenters. The maximum Gasteiger partial charge on any atom is 0.247 e. The molecule has 0 aliphatic carbocycles. The van der Waals surface area contributed by atoms with E-state index in [0.29, 0.717) is 119 Å². The minimum Gasteiger partial charge on any atom is -0.494 e. The predicted molar refractivity (Wildman–Crippen MR) is 271 cm³/mol. The van der Waals surface area contributed by atoms with E-state index >= 15 is 0 Å². The topological polar surface area (TPSA) is 188 Å². The number of anilines is 1. The zero-order chi connectivity index (χ0) is 50.0. The monoisotopic (exact) mass is 989 g/mol. The number of carbonyl (C=O) groups excluding carboxylic acids is 3. The standard InChI is InChI=1S/C52H69ClFN7O9/c1-60(28-33-68-35-34-66-31-24-47(59-55)39-56-25-32-67-36-37-70-49-21-17-46(18-22-49)58-40-62)26-3-4-30-69-48-19-8-41(9-20-48)10-23-50(63)61(27-5-29-65-2)51(43-11-15-45(54)16-12-43)52(64)57-38-42-6-13-44(53)14-7-42/h6-9,11-22,39-40,51H,3-5,10,23-38,55H2,1-2H3,(H,57,64)(H,58,62)/b56-39?,59-47-. The number of amides is 3. The van der Waals surface area contributed by atoms with Crippen LogP contribution in [0.2, 0.25) is 5.02 Å². The number of hydrogen-bond donors (Lipinski definition) is 3. The molecule has 0 aliphatic rings. The van der Waals surface area contributed by atoms with Crippen LogP contribution < -0.4 is 25.9 Å². The van der Waals surface area contributed by atoms with Gasteiger partial charge in [-0.05, 0) is 117 Å². The van der Waals surface area contributed by atoms with E-state index in [1.807, 2.05) is 36.4 Å². The van der Waals surface area contributed by atoms with Gasteiger partial charge in [-0.1, -0.05) is 48.0 Å². The van der Waals surface area contributed by atoms with E-state index in [2.05, 4.69) is 32.7 Å². The van der Waals surface area contributed by atoms with Crippen molar-refractivity contribution in [2.75, 3.05) is 105 Å². The third-order valence-corrected chi connectivity index (χ3v) is 11.0. The number of hydrazone groups is 1. The normalized spacial score (nSPS) is 12.0. The summed E-state index contributed by atoms with van der Waals surface area (Å²) in [6.45, 7) is 6.92. The number of hydrogen-bond acceptors (Lipinski definition) is 13. The second-order valence-corrected chi connectivity index (χ2v) is 16.5. The molecule has 4 aromatic rings. The first-order chi connectivity index (χ1) is 34.2. The lowest BCUT2D eigenvalue weighted by molar-refractivity contribution is -0.141. The molecular weight excluding hydrogens is 921 g/mol. The first-order valence-corrected chi connectivity index (χ1v) is 24.0. The third-order valence-electron chi connectivity index (χ3n) is 10.8. The van der Waals surface area contributed by atoms with Crippen LogP contribution in [0, 0.1) is 5.82 Å². The predicted octanol–water partition coefficient (Wildman–Crippen LogP) is 6.90. The van der Waals surface area contributed by atoms with Gasteiger partial charge in [0.1, 0.15) is 30.0 Å². The number of aryl methyl sites for hydroxylation is 1. The third kappa shape index (κ3) is 23.1. The van der Waals surface area contributed by atoms with Gasteiger partial charge in [-0.3, -0.25) is 19.4 Å². The van der Waals surface area contributed by atoms with Crippen molar-refractivity contribution in [3.8, 4) is 11.5 Å². The van der Waals surface area contributed by atoms with Crippen molar-refractivity contribution in [3.05, 3.63) is 125 Å². The molecule has 0 heterocycles. The van der Waals surface area contributed by atoms with Gasteiger partial charge in [0.05, 0.1) is 58.5 Å². The molecular formula is C52H69ClFN7O9. The number of unbranched alkanes of at least 4 members (excludes halogenated alkanes) is 1. The number of benzene rings is 4. The van der Waals surface area contributed by atoms with E-state index in [1.165, 1.54) is 12.1 Å². The second-order valence-electron chi connectivity index (χ2n) is 16.1. The highest BCUT2D eigenvalue weighted by Gasteiger charge is 2.31. The summed E-state index contributed by atoms with van der Waals surface area (Å²) in [4.78, 5) is 46.3. The highest BCUT2D eigenvalue weighted by Crippen LogP contribution is 2.25. The van der Waals surface area contributed by atoms with E-state index in [0.717, 1.165) is 42.8 Å². The average Bonchev–Trinajstić information content (AvgIpc) is 3.37. The number of nitrogens with two attached hydrogens (primary N) is 1. The van der Waals surface area contributed by atoms with Gasteiger partial charge >= 0.3 is 0 Å². The first-order valence-electron chi connectivity index (χ1n) is 23.6. The fourth-order valence-electron chi connectivity index (χ4n) is 6.92. The van der Waals surface area contributed by atoms with Crippen LogP contribution in [-0.4, -0.2) is 140 Å². The fraction of sp³-hybridized carbons (Fsp3) is 0.442. The number of rotatable bonds is 37. The number of halogens is 2. The number of likely N-dealkylation sites (N-methyl/N-ethyl adjacent to an activating group) is 1. The summed E-state index contributed by atoms with van der Waals surface area (Å²) in [5.41, 5.74) is 3.66. The molecule has 1 unspecified atom stereocenters. The Hall–Kier alpha value is -5.95. The van der Waals surface area contributed by atoms with Crippen LogP contribution >= 0.6 is 11.6 Å². The molecule has 0 fully saturated rings. The molecule has 70 heavy (non-hydrogen) atoms. The summed E-state index contributed by atoms with van der Waals surface area (Å²) in [6, 6.07) is 26.7. The Kier molecular flexibility index (Phi) is 27.8. The molecule has 0 bridgehead atoms. The average molecular weight is 991 g/mol. The molecule has 3 amide bonds. The van der Waals surface area contributed by atoms with Crippen molar-refractivity contribution in [2.45, 2.75) is 51.1 Å². The van der Waals surface area contributed by atoms with E-state index < -0.39 is 11.9 Å². The largest absolute Gasteiger partial charge is 0.494 e. The quantitative estimate of drug-likeness (QED) is 0.0140. The molecule has 380 valence electrons. The molecule has 0 radical (unpaired) electrons. The minimum absolute atomic E-state index is 0.171. The maximum absolute atomic E-state index is 14.0. The van der Waals surface area contributed by atoms with Crippen molar-refractivity contribution in [3.63, 3.8) is 0 Å². The van der Waals surface area contributed by atoms with E-state index in [4.69, 9.17) is 45.9 Å². The van der Waals surface area contributed by atoms with Gasteiger partial charge in [-0.2, -0.15) is 5.10 Å². The van der Waals surface area contributed by atoms with Crippen LogP contribution in [0.1, 0.15) is 54.8 Å². The fourth-order valence-corrected chi connectivity index (χ4v) is 7.05. The maximum atomic E-state index is 14.0. The second kappa shape index (κ2) is 34.4. The van der Waals surface area contributed by atoms with Gasteiger partial charge in [-0.25, -0.2) is 4.39 Å². The number of aliphatic imine (C=N–C) groups is 1. The highest BCUT2D eigenvalue weighted by molar-refractivity contribution is 6.30. The zero-order valence-corrected chi connectivity index (χ0v) is 41.2. The van der Waals surface area contributed by atoms with Crippen molar-refractivity contribution < 1.29 is 47.2 Å². The van der Waals surface area contributed by atoms with Gasteiger partial charge in [0.25, 0.3) is 0 Å². The number of nitrogens with zero attached hydrogens (tertiary/aromatic N) is 4. The molecule has 16 nitrogen and oxygen atoms in total. The van der Waals surface area contributed by atoms with Crippen LogP contribution in [0.5, 0.6) is 11.5 Å². The van der Waals surface area contributed by atoms with Crippen LogP contribution in [0.3, 0.4) is 0 Å². The van der Waals surface area contributed by atoms with Crippen molar-refractivity contribution in [1.82, 2.24) is 15.1 Å². The lowest BCUT2D eigenvalue weighted by Crippen LogP contribution is -2.44. The molecule has 0 saturated carbocycles. The first kappa shape index (κ1) is 56.6. The highest BCUT2D eigenvalue weighted by atomic mass is 35.5. The number of carbonyl (C=O) groups is 3. The molecule has 0 spiro atoms. The summed E-state index contributed by atoms with van der Waals surface area (Å²) in [5.74, 6) is 5.96. The molecule has 0 aromatic heterocycles. The van der Waals surface area contributed by atoms with E-state index in [-0.39, 0.29) is 31.3 Å². The lowest BCUT2D eigenvalue weighted by Gasteiger charge is -2.31. The summed E-state index contributed by atoms with van der Waals surface area (Å²) in [7, 11) is 3.66. The Morgan fingerprint density at radius 3 is 2.09 bits per heavy atom. The molecule has 18 heteroatoms. The lowest BCUT2D eigenvalue weighted by atomic mass is 10.0. The van der Waals surface area contributed by atoms with Crippen LogP contribution in [0.25, 0.3) is 0 Å². The summed E-state index contributed by atoms with van der Waals surface area (Å²) in [6.07, 6.45) is 5.80. The SMILES string of the molecule is COCCCN(C(=O)CCc1ccc(OCCCCN(C)CCOCCOCC/C(C=NCCOCCOc2ccc(NC=O)cc2)=N/N)cc1)C(C(=O)NCc1ccc(Cl)cc1)c1ccc(F)cc1. The van der Waals surface area contributed by atoms with Gasteiger partial charge in [0, 0.05) is 63.1 Å². The Bertz CT molecular complexity index is 2130. The van der Waals surface area contributed by atoms with E-state index in [1.54, 1.807) is 66.8 Å². The Morgan fingerprint density at radius 2 is 1.39 bits per heavy atom. The van der Waals surface area contributed by atoms with Gasteiger partial charge in [0.2, 0.25) is 18.2 Å². The van der Waals surface area contributed by atoms with Crippen molar-refractivity contribution in [1.29, 1.82) is 0 Å². The molecule has 0 saturated heterocycles. The molecule has 4 rings (SSSR count). The Balaban J connectivity index is 1.04. The smallest absolute Gasteiger partial charge is 0.247 e. The minimum atomic E-state index is -0.966. The van der Waals surface area contributed by atoms with Gasteiger partial charge in [-0.15, -0.1) is 0 Å². The molecule has 0 aliphatic heterocycles. The molecule has 4 aromatic carbocycles. The van der Waals surface area contributed by atoms with Crippen molar-refractivity contribution in [2.24, 2.45) is 15.9 Å². The molecule has 4 N–H and O–H groups in total. The van der Waals surface area contributed by atoms with Crippen molar-refractivity contribution >= 4 is 47.4 Å². The zero-order valence-electron chi connectivity index (χ0n) is 40.4. The van der Waals surface area contributed by atoms with E-state index in [9.17, 15) is 18.8 Å². The summed E-state index contributed by atoms with van der Waals surface area (Å²) >= 11 is 6.04. The Labute approximate surface area is 416 Å². The van der Waals surface area contributed by atoms with Gasteiger partial charge in [0.15, 0.2) is 0 Å². The van der Waals surface area contributed by atoms with Gasteiger partial charge < -0.3 is 54.7 Å². The number of nitrogens with one attached hydrogen (secondary N) is 2. The van der Waals surface area contributed by atoms with Crippen LogP contribution in [-0.2, 0) is 46.3 Å². The summed E-state index contributed by atoms with van der Waals surface area (Å²) in [5, 5.41) is 9.91. The number of methoxy groups -OCH3 is 1. The summed E-state index contributed by atoms with van der Waals surface area (Å²) < 4.78 is 47.8. The van der Waals surface area contributed by atoms with Crippen LogP contribution in [0.15, 0.2) is 107 Å². The Morgan fingerprint density at radius 1 is 0.729 bits per heavy atom. The van der Waals surface area contributed by atoms with Crippen LogP contribution in [0.4, 0.5) is 10.1 Å².